The fourth-order valence-electron chi connectivity index (χ4n) is 1.66. The number of rotatable bonds is 1. The standard InChI is InChI=1S/C8H17N.CHN/c1-3-8-6-4-5-7-9(8)2;1-2/h8H,3-7H2,1-2H3;1H. The second kappa shape index (κ2) is 6.18. The van der Waals surface area contributed by atoms with Crippen molar-refractivity contribution in [2.45, 2.75) is 38.6 Å². The number of hydrogen-bond acceptors (Lipinski definition) is 2. The fourth-order valence-corrected chi connectivity index (χ4v) is 1.66. The predicted molar refractivity (Wildman–Crippen MR) is 47.2 cm³/mol. The molecule has 1 rings (SSSR count). The van der Waals surface area contributed by atoms with Crippen molar-refractivity contribution in [2.75, 3.05) is 13.6 Å². The van der Waals surface area contributed by atoms with E-state index in [1.807, 2.05) is 0 Å². The third kappa shape index (κ3) is 3.38. The van der Waals surface area contributed by atoms with Gasteiger partial charge in [0.1, 0.15) is 0 Å². The highest BCUT2D eigenvalue weighted by Crippen LogP contribution is 2.16. The van der Waals surface area contributed by atoms with Crippen LogP contribution in [0.2, 0.25) is 0 Å². The van der Waals surface area contributed by atoms with Crippen LogP contribution < -0.4 is 0 Å². The van der Waals surface area contributed by atoms with Crippen LogP contribution in [0.15, 0.2) is 0 Å². The Bertz CT molecular complexity index is 109. The zero-order chi connectivity index (χ0) is 8.69. The monoisotopic (exact) mass is 154 g/mol. The van der Waals surface area contributed by atoms with Gasteiger partial charge in [-0.3, -0.25) is 0 Å². The van der Waals surface area contributed by atoms with Crippen molar-refractivity contribution in [1.82, 2.24) is 4.90 Å². The smallest absolute Gasteiger partial charge is 0.0462 e. The molecule has 0 saturated carbocycles. The van der Waals surface area contributed by atoms with Gasteiger partial charge in [0.25, 0.3) is 0 Å². The van der Waals surface area contributed by atoms with Crippen LogP contribution in [0.5, 0.6) is 0 Å². The summed E-state index contributed by atoms with van der Waals surface area (Å²) < 4.78 is 0. The number of piperidine rings is 1. The molecule has 2 nitrogen and oxygen atoms in total. The zero-order valence-electron chi connectivity index (χ0n) is 7.58. The highest BCUT2D eigenvalue weighted by atomic mass is 15.1. The van der Waals surface area contributed by atoms with Gasteiger partial charge < -0.3 is 4.90 Å². The maximum Gasteiger partial charge on any atom is 0.0462 e. The number of nitriles is 1. The lowest BCUT2D eigenvalue weighted by Crippen LogP contribution is -2.35. The van der Waals surface area contributed by atoms with Gasteiger partial charge in [-0.25, -0.2) is 5.26 Å². The minimum Gasteiger partial charge on any atom is -0.303 e. The first-order valence-corrected chi connectivity index (χ1v) is 4.30. The molecule has 1 aliphatic heterocycles. The molecule has 1 fully saturated rings. The highest BCUT2D eigenvalue weighted by molar-refractivity contribution is 4.71. The normalized spacial score (nSPS) is 25.3. The number of likely N-dealkylation sites (tertiary alicyclic amines) is 1. The van der Waals surface area contributed by atoms with Gasteiger partial charge >= 0.3 is 0 Å². The molecule has 0 bridgehead atoms. The predicted octanol–water partition coefficient (Wildman–Crippen LogP) is 2.02. The Labute approximate surface area is 69.8 Å². The summed E-state index contributed by atoms with van der Waals surface area (Å²) in [6.07, 6.45) is 5.61. The van der Waals surface area contributed by atoms with Crippen LogP contribution in [0, 0.1) is 11.8 Å². The third-order valence-electron chi connectivity index (χ3n) is 2.39. The van der Waals surface area contributed by atoms with E-state index in [1.54, 1.807) is 0 Å². The van der Waals surface area contributed by atoms with E-state index in [0.29, 0.717) is 0 Å². The average Bonchev–Trinajstić information content (AvgIpc) is 2.09. The first-order chi connectivity index (χ1) is 5.34. The molecular formula is C9H18N2. The van der Waals surface area contributed by atoms with E-state index >= 15 is 0 Å². The largest absolute Gasteiger partial charge is 0.303 e. The lowest BCUT2D eigenvalue weighted by Gasteiger charge is -2.31. The Balaban J connectivity index is 0.000000461. The Kier molecular flexibility index (Phi) is 5.87. The zero-order valence-corrected chi connectivity index (χ0v) is 7.58. The molecule has 0 N–H and O–H groups in total. The van der Waals surface area contributed by atoms with Gasteiger partial charge in [0, 0.05) is 12.6 Å². The van der Waals surface area contributed by atoms with Crippen molar-refractivity contribution < 1.29 is 0 Å². The van der Waals surface area contributed by atoms with E-state index in [0.717, 1.165) is 6.04 Å². The molecule has 0 aromatic heterocycles. The van der Waals surface area contributed by atoms with E-state index in [-0.39, 0.29) is 0 Å². The Hall–Kier alpha value is -0.550. The molecule has 1 aliphatic rings. The van der Waals surface area contributed by atoms with Crippen molar-refractivity contribution in [3.63, 3.8) is 0 Å². The Morgan fingerprint density at radius 1 is 1.45 bits per heavy atom. The molecule has 1 atom stereocenters. The van der Waals surface area contributed by atoms with Crippen molar-refractivity contribution in [1.29, 1.82) is 5.26 Å². The summed E-state index contributed by atoms with van der Waals surface area (Å²) in [5.41, 5.74) is 0. The Morgan fingerprint density at radius 2 is 2.09 bits per heavy atom. The quantitative estimate of drug-likeness (QED) is 0.577. The molecule has 0 aromatic rings. The van der Waals surface area contributed by atoms with Crippen LogP contribution in [-0.4, -0.2) is 24.5 Å². The topological polar surface area (TPSA) is 27.0 Å². The van der Waals surface area contributed by atoms with Gasteiger partial charge in [0.2, 0.25) is 0 Å². The molecule has 2 heteroatoms. The molecule has 1 unspecified atom stereocenters. The van der Waals surface area contributed by atoms with Gasteiger partial charge in [-0.15, -0.1) is 0 Å². The molecule has 0 aromatic carbocycles. The minimum absolute atomic E-state index is 0.888. The maximum atomic E-state index is 6.50. The highest BCUT2D eigenvalue weighted by Gasteiger charge is 2.15. The van der Waals surface area contributed by atoms with Crippen LogP contribution in [0.3, 0.4) is 0 Å². The second-order valence-electron chi connectivity index (χ2n) is 3.04. The molecule has 1 saturated heterocycles. The summed E-state index contributed by atoms with van der Waals surface area (Å²) in [7, 11) is 2.24. The minimum atomic E-state index is 0.888. The van der Waals surface area contributed by atoms with Crippen LogP contribution in [-0.2, 0) is 0 Å². The third-order valence-corrected chi connectivity index (χ3v) is 2.39. The molecule has 11 heavy (non-hydrogen) atoms. The summed E-state index contributed by atoms with van der Waals surface area (Å²) >= 11 is 0. The number of hydrogen-bond donors (Lipinski definition) is 0. The molecule has 1 heterocycles. The van der Waals surface area contributed by atoms with Gasteiger partial charge in [-0.05, 0) is 32.9 Å². The molecule has 0 spiro atoms. The lowest BCUT2D eigenvalue weighted by atomic mass is 10.0. The lowest BCUT2D eigenvalue weighted by molar-refractivity contribution is 0.181. The van der Waals surface area contributed by atoms with Gasteiger partial charge in [0.15, 0.2) is 0 Å². The van der Waals surface area contributed by atoms with E-state index < -0.39 is 0 Å². The van der Waals surface area contributed by atoms with Gasteiger partial charge in [-0.2, -0.15) is 0 Å². The summed E-state index contributed by atoms with van der Waals surface area (Å²) in [6.45, 7) is 7.10. The van der Waals surface area contributed by atoms with E-state index in [2.05, 4.69) is 25.4 Å². The second-order valence-corrected chi connectivity index (χ2v) is 3.04. The summed E-state index contributed by atoms with van der Waals surface area (Å²) in [4.78, 5) is 2.49. The van der Waals surface area contributed by atoms with Gasteiger partial charge in [-0.1, -0.05) is 13.3 Å². The van der Waals surface area contributed by atoms with Crippen LogP contribution >= 0.6 is 0 Å². The van der Waals surface area contributed by atoms with Gasteiger partial charge in [0.05, 0.1) is 0 Å². The molecule has 64 valence electrons. The average molecular weight is 154 g/mol. The van der Waals surface area contributed by atoms with Crippen LogP contribution in [0.4, 0.5) is 0 Å². The number of nitrogens with zero attached hydrogens (tertiary/aromatic N) is 2. The van der Waals surface area contributed by atoms with Crippen molar-refractivity contribution in [3.05, 3.63) is 0 Å². The first-order valence-electron chi connectivity index (χ1n) is 4.30. The van der Waals surface area contributed by atoms with E-state index in [4.69, 9.17) is 5.26 Å². The molecular weight excluding hydrogens is 136 g/mol. The molecule has 0 aliphatic carbocycles. The summed E-state index contributed by atoms with van der Waals surface area (Å²) in [5, 5.41) is 6.50. The van der Waals surface area contributed by atoms with Crippen LogP contribution in [0.1, 0.15) is 32.6 Å². The maximum absolute atomic E-state index is 6.50. The van der Waals surface area contributed by atoms with Crippen molar-refractivity contribution >= 4 is 0 Å². The first kappa shape index (κ1) is 10.4. The van der Waals surface area contributed by atoms with Crippen LogP contribution in [0.25, 0.3) is 0 Å². The summed E-state index contributed by atoms with van der Waals surface area (Å²) in [6, 6.07) is 0.888. The van der Waals surface area contributed by atoms with Crippen molar-refractivity contribution in [2.24, 2.45) is 0 Å². The molecule has 0 amide bonds. The van der Waals surface area contributed by atoms with E-state index in [1.165, 1.54) is 32.2 Å². The molecule has 0 radical (unpaired) electrons. The Morgan fingerprint density at radius 3 is 2.45 bits per heavy atom. The summed E-state index contributed by atoms with van der Waals surface area (Å²) in [5.74, 6) is 0. The fraction of sp³-hybridized carbons (Fsp3) is 0.889. The SMILES string of the molecule is C#N.CCC1CCCCN1C. The van der Waals surface area contributed by atoms with E-state index in [9.17, 15) is 0 Å². The van der Waals surface area contributed by atoms with Crippen molar-refractivity contribution in [3.8, 4) is 6.57 Å².